The van der Waals surface area contributed by atoms with Crippen LogP contribution in [0.25, 0.3) is 0 Å². The number of likely N-dealkylation sites (tertiary alicyclic amines) is 1. The zero-order valence-corrected chi connectivity index (χ0v) is 19.7. The van der Waals surface area contributed by atoms with Crippen LogP contribution in [0, 0.1) is 0 Å². The number of amides is 1. The van der Waals surface area contributed by atoms with Crippen LogP contribution in [0.3, 0.4) is 0 Å². The average molecular weight is 481 g/mol. The summed E-state index contributed by atoms with van der Waals surface area (Å²) in [7, 11) is 0. The molecule has 1 fully saturated rings. The Balaban J connectivity index is 1.19. The molecule has 2 aliphatic heterocycles. The van der Waals surface area contributed by atoms with Crippen LogP contribution in [0.1, 0.15) is 34.3 Å². The molecule has 0 aromatic heterocycles. The predicted molar refractivity (Wildman–Crippen MR) is 132 cm³/mol. The molecule has 2 heterocycles. The number of ether oxygens (including phenoxy) is 1. The zero-order chi connectivity index (χ0) is 22.8. The highest BCUT2D eigenvalue weighted by molar-refractivity contribution is 8.00. The van der Waals surface area contributed by atoms with E-state index in [-0.39, 0.29) is 5.91 Å². The van der Waals surface area contributed by atoms with Crippen molar-refractivity contribution < 1.29 is 14.6 Å². The topological polar surface area (TPSA) is 61.8 Å². The summed E-state index contributed by atoms with van der Waals surface area (Å²) in [6.07, 6.45) is 1.87. The fourth-order valence-corrected chi connectivity index (χ4v) is 5.54. The number of hydrogen-bond donors (Lipinski definition) is 2. The average Bonchev–Trinajstić information content (AvgIpc) is 3.33. The molecule has 0 unspecified atom stereocenters. The molecule has 7 heteroatoms. The fourth-order valence-electron chi connectivity index (χ4n) is 4.43. The number of aliphatic hydroxyl groups is 1. The van der Waals surface area contributed by atoms with Crippen LogP contribution in [0.4, 0.5) is 5.69 Å². The van der Waals surface area contributed by atoms with Crippen LogP contribution in [0.15, 0.2) is 71.6 Å². The molecule has 1 amide bonds. The van der Waals surface area contributed by atoms with Gasteiger partial charge in [0.25, 0.3) is 5.91 Å². The molecule has 0 aliphatic carbocycles. The standard InChI is InChI=1S/C26H25ClN2O3S/c27-22-6-2-1-5-21(22)26(31)13-15-29(16-14-26)25(30)19-8-10-20(11-9-19)28-33-23-7-3-4-18-12-17-32-24(18)23/h1-11,28,31H,12-17H2. The summed E-state index contributed by atoms with van der Waals surface area (Å²) >= 11 is 7.81. The summed E-state index contributed by atoms with van der Waals surface area (Å²) < 4.78 is 9.09. The van der Waals surface area contributed by atoms with Crippen molar-refractivity contribution in [1.29, 1.82) is 0 Å². The van der Waals surface area contributed by atoms with E-state index in [0.717, 1.165) is 34.9 Å². The maximum atomic E-state index is 13.0. The number of halogens is 1. The Kier molecular flexibility index (Phi) is 6.23. The van der Waals surface area contributed by atoms with Gasteiger partial charge in [-0.3, -0.25) is 4.79 Å². The lowest BCUT2D eigenvalue weighted by molar-refractivity contribution is -0.0210. The zero-order valence-electron chi connectivity index (χ0n) is 18.1. The first-order chi connectivity index (χ1) is 16.0. The minimum absolute atomic E-state index is 0.0234. The second-order valence-electron chi connectivity index (χ2n) is 8.43. The molecule has 0 bridgehead atoms. The number of carbonyl (C=O) groups excluding carboxylic acids is 1. The second-order valence-corrected chi connectivity index (χ2v) is 9.68. The van der Waals surface area contributed by atoms with Crippen molar-refractivity contribution in [3.8, 4) is 5.75 Å². The highest BCUT2D eigenvalue weighted by atomic mass is 35.5. The van der Waals surface area contributed by atoms with Crippen molar-refractivity contribution in [3.05, 3.63) is 88.4 Å². The van der Waals surface area contributed by atoms with Gasteiger partial charge in [-0.1, -0.05) is 41.9 Å². The van der Waals surface area contributed by atoms with Gasteiger partial charge in [-0.2, -0.15) is 0 Å². The molecule has 5 nitrogen and oxygen atoms in total. The Morgan fingerprint density at radius 3 is 2.55 bits per heavy atom. The van der Waals surface area contributed by atoms with Crippen molar-refractivity contribution in [1.82, 2.24) is 4.90 Å². The van der Waals surface area contributed by atoms with Gasteiger partial charge in [-0.25, -0.2) is 0 Å². The van der Waals surface area contributed by atoms with Gasteiger partial charge in [-0.05, 0) is 66.8 Å². The molecular weight excluding hydrogens is 456 g/mol. The summed E-state index contributed by atoms with van der Waals surface area (Å²) in [4.78, 5) is 15.9. The van der Waals surface area contributed by atoms with Gasteiger partial charge < -0.3 is 19.5 Å². The molecule has 3 aromatic rings. The van der Waals surface area contributed by atoms with Crippen molar-refractivity contribution >= 4 is 35.1 Å². The van der Waals surface area contributed by atoms with Crippen LogP contribution >= 0.6 is 23.5 Å². The third-order valence-corrected chi connectivity index (χ3v) is 7.55. The first-order valence-electron chi connectivity index (χ1n) is 11.1. The molecular formula is C26H25ClN2O3S. The molecule has 2 aliphatic rings. The maximum Gasteiger partial charge on any atom is 0.253 e. The summed E-state index contributed by atoms with van der Waals surface area (Å²) in [5.41, 5.74) is 2.53. The summed E-state index contributed by atoms with van der Waals surface area (Å²) in [5.74, 6) is 0.938. The van der Waals surface area contributed by atoms with Crippen LogP contribution < -0.4 is 9.46 Å². The summed E-state index contributed by atoms with van der Waals surface area (Å²) in [6, 6.07) is 21.1. The molecule has 0 spiro atoms. The largest absolute Gasteiger partial charge is 0.492 e. The van der Waals surface area contributed by atoms with E-state index in [9.17, 15) is 9.90 Å². The molecule has 2 N–H and O–H groups in total. The highest BCUT2D eigenvalue weighted by Gasteiger charge is 2.36. The van der Waals surface area contributed by atoms with Crippen molar-refractivity contribution in [2.24, 2.45) is 0 Å². The Morgan fingerprint density at radius 1 is 1.03 bits per heavy atom. The molecule has 33 heavy (non-hydrogen) atoms. The number of para-hydroxylation sites is 1. The van der Waals surface area contributed by atoms with Crippen LogP contribution in [0.5, 0.6) is 5.75 Å². The summed E-state index contributed by atoms with van der Waals surface area (Å²) in [6.45, 7) is 1.70. The second kappa shape index (κ2) is 9.29. The lowest BCUT2D eigenvalue weighted by Gasteiger charge is -2.39. The Morgan fingerprint density at radius 2 is 1.79 bits per heavy atom. The van der Waals surface area contributed by atoms with E-state index < -0.39 is 5.60 Å². The van der Waals surface area contributed by atoms with Gasteiger partial charge >= 0.3 is 0 Å². The lowest BCUT2D eigenvalue weighted by Crippen LogP contribution is -2.45. The third-order valence-electron chi connectivity index (χ3n) is 6.34. The normalized spacial score (nSPS) is 16.7. The van der Waals surface area contributed by atoms with Crippen molar-refractivity contribution in [2.45, 2.75) is 29.8 Å². The monoisotopic (exact) mass is 480 g/mol. The number of nitrogens with zero attached hydrogens (tertiary/aromatic N) is 1. The molecule has 0 radical (unpaired) electrons. The van der Waals surface area contributed by atoms with Gasteiger partial charge in [-0.15, -0.1) is 0 Å². The number of piperidine rings is 1. The van der Waals surface area contributed by atoms with Gasteiger partial charge in [0.2, 0.25) is 0 Å². The molecule has 5 rings (SSSR count). The van der Waals surface area contributed by atoms with Gasteiger partial charge in [0.15, 0.2) is 0 Å². The Hall–Kier alpha value is -2.67. The van der Waals surface area contributed by atoms with E-state index in [4.69, 9.17) is 16.3 Å². The summed E-state index contributed by atoms with van der Waals surface area (Å²) in [5, 5.41) is 11.7. The first-order valence-corrected chi connectivity index (χ1v) is 12.3. The number of carbonyl (C=O) groups is 1. The number of benzene rings is 3. The lowest BCUT2D eigenvalue weighted by atomic mass is 9.84. The van der Waals surface area contributed by atoms with Crippen molar-refractivity contribution in [2.75, 3.05) is 24.4 Å². The number of nitrogens with one attached hydrogen (secondary N) is 1. The number of anilines is 1. The molecule has 0 atom stereocenters. The molecule has 0 saturated carbocycles. The molecule has 3 aromatic carbocycles. The van der Waals surface area contributed by atoms with Crippen LogP contribution in [-0.4, -0.2) is 35.6 Å². The Bertz CT molecular complexity index is 1160. The first kappa shape index (κ1) is 22.1. The van der Waals surface area contributed by atoms with E-state index in [1.165, 1.54) is 17.5 Å². The van der Waals surface area contributed by atoms with Crippen LogP contribution in [0.2, 0.25) is 5.02 Å². The number of fused-ring (bicyclic) bond motifs is 1. The van der Waals surface area contributed by atoms with E-state index in [1.807, 2.05) is 54.6 Å². The maximum absolute atomic E-state index is 13.0. The van der Waals surface area contributed by atoms with Crippen molar-refractivity contribution in [3.63, 3.8) is 0 Å². The fraction of sp³-hybridized carbons (Fsp3) is 0.269. The van der Waals surface area contributed by atoms with E-state index in [1.54, 1.807) is 11.0 Å². The minimum atomic E-state index is -0.999. The minimum Gasteiger partial charge on any atom is -0.492 e. The smallest absolute Gasteiger partial charge is 0.253 e. The van der Waals surface area contributed by atoms with E-state index in [2.05, 4.69) is 10.8 Å². The molecule has 170 valence electrons. The highest BCUT2D eigenvalue weighted by Crippen LogP contribution is 2.38. The van der Waals surface area contributed by atoms with Gasteiger partial charge in [0.1, 0.15) is 5.75 Å². The number of hydrogen-bond acceptors (Lipinski definition) is 5. The Labute approximate surface area is 202 Å². The number of rotatable bonds is 5. The SMILES string of the molecule is O=C(c1ccc(NSc2cccc3c2OCC3)cc1)N1CCC(O)(c2ccccc2Cl)CC1. The van der Waals surface area contributed by atoms with Crippen LogP contribution in [-0.2, 0) is 12.0 Å². The van der Waals surface area contributed by atoms with E-state index in [0.29, 0.717) is 36.5 Å². The van der Waals surface area contributed by atoms with E-state index >= 15 is 0 Å². The quantitative estimate of drug-likeness (QED) is 0.471. The van der Waals surface area contributed by atoms with Gasteiger partial charge in [0, 0.05) is 41.3 Å². The molecule has 1 saturated heterocycles. The predicted octanol–water partition coefficient (Wildman–Crippen LogP) is 5.52. The van der Waals surface area contributed by atoms with Gasteiger partial charge in [0.05, 0.1) is 17.1 Å². The third kappa shape index (κ3) is 4.56.